The van der Waals surface area contributed by atoms with Gasteiger partial charge in [-0.1, -0.05) is 26.0 Å². The third-order valence-electron chi connectivity index (χ3n) is 3.89. The number of rotatable bonds is 1. The summed E-state index contributed by atoms with van der Waals surface area (Å²) < 4.78 is 0. The smallest absolute Gasteiger partial charge is 0.138 e. The van der Waals surface area contributed by atoms with Gasteiger partial charge in [-0.15, -0.1) is 0 Å². The molecule has 0 saturated heterocycles. The summed E-state index contributed by atoms with van der Waals surface area (Å²) in [5.74, 6) is 0.968. The number of phenolic OH excluding ortho intramolecular Hbond substituents is 1. The maximum Gasteiger partial charge on any atom is 0.138 e. The van der Waals surface area contributed by atoms with Crippen molar-refractivity contribution >= 4 is 5.69 Å². The SMILES string of the molecule is CCC1(C)Nc2c(O)cccc2CC1C. The molecule has 0 aromatic heterocycles. The first-order valence-electron chi connectivity index (χ1n) is 5.66. The van der Waals surface area contributed by atoms with Gasteiger partial charge in [0.2, 0.25) is 0 Å². The zero-order valence-electron chi connectivity index (χ0n) is 9.67. The van der Waals surface area contributed by atoms with Crippen molar-refractivity contribution < 1.29 is 5.11 Å². The number of fused-ring (bicyclic) bond motifs is 1. The first kappa shape index (κ1) is 10.3. The highest BCUT2D eigenvalue weighted by molar-refractivity contribution is 5.64. The third-order valence-corrected chi connectivity index (χ3v) is 3.89. The fraction of sp³-hybridized carbons (Fsp3) is 0.538. The van der Waals surface area contributed by atoms with Crippen LogP contribution >= 0.6 is 0 Å². The molecule has 15 heavy (non-hydrogen) atoms. The van der Waals surface area contributed by atoms with Gasteiger partial charge < -0.3 is 10.4 Å². The van der Waals surface area contributed by atoms with E-state index >= 15 is 0 Å². The second kappa shape index (κ2) is 3.44. The van der Waals surface area contributed by atoms with Crippen molar-refractivity contribution in [3.8, 4) is 5.75 Å². The van der Waals surface area contributed by atoms with Gasteiger partial charge in [0.15, 0.2) is 0 Å². The van der Waals surface area contributed by atoms with E-state index in [1.165, 1.54) is 5.56 Å². The van der Waals surface area contributed by atoms with Crippen molar-refractivity contribution in [2.75, 3.05) is 5.32 Å². The highest BCUT2D eigenvalue weighted by Gasteiger charge is 2.34. The summed E-state index contributed by atoms with van der Waals surface area (Å²) >= 11 is 0. The first-order valence-corrected chi connectivity index (χ1v) is 5.66. The van der Waals surface area contributed by atoms with E-state index in [1.807, 2.05) is 6.07 Å². The van der Waals surface area contributed by atoms with Crippen molar-refractivity contribution in [1.29, 1.82) is 0 Å². The molecule has 0 spiro atoms. The summed E-state index contributed by atoms with van der Waals surface area (Å²) in [6.07, 6.45) is 2.11. The van der Waals surface area contributed by atoms with Crippen molar-refractivity contribution in [3.05, 3.63) is 23.8 Å². The largest absolute Gasteiger partial charge is 0.506 e. The predicted molar refractivity (Wildman–Crippen MR) is 63.3 cm³/mol. The Morgan fingerprint density at radius 2 is 2.27 bits per heavy atom. The van der Waals surface area contributed by atoms with Gasteiger partial charge in [0.05, 0.1) is 5.69 Å². The van der Waals surface area contributed by atoms with Crippen LogP contribution in [0.3, 0.4) is 0 Å². The van der Waals surface area contributed by atoms with Gasteiger partial charge in [-0.3, -0.25) is 0 Å². The highest BCUT2D eigenvalue weighted by Crippen LogP contribution is 2.40. The van der Waals surface area contributed by atoms with Crippen LogP contribution in [0.15, 0.2) is 18.2 Å². The van der Waals surface area contributed by atoms with Crippen molar-refractivity contribution in [2.45, 2.75) is 39.2 Å². The molecule has 2 heteroatoms. The zero-order chi connectivity index (χ0) is 11.1. The summed E-state index contributed by atoms with van der Waals surface area (Å²) in [6.45, 7) is 6.69. The Balaban J connectivity index is 2.43. The molecule has 0 saturated carbocycles. The van der Waals surface area contributed by atoms with Crippen molar-refractivity contribution in [2.24, 2.45) is 5.92 Å². The number of hydrogen-bond acceptors (Lipinski definition) is 2. The molecule has 1 aliphatic heterocycles. The summed E-state index contributed by atoms with van der Waals surface area (Å²) in [5.41, 5.74) is 2.26. The lowest BCUT2D eigenvalue weighted by Crippen LogP contribution is -2.45. The lowest BCUT2D eigenvalue weighted by molar-refractivity contribution is 0.320. The first-order chi connectivity index (χ1) is 7.07. The Kier molecular flexibility index (Phi) is 2.37. The van der Waals surface area contributed by atoms with Crippen LogP contribution in [0, 0.1) is 5.92 Å². The zero-order valence-corrected chi connectivity index (χ0v) is 9.67. The van der Waals surface area contributed by atoms with Gasteiger partial charge in [-0.05, 0) is 37.3 Å². The van der Waals surface area contributed by atoms with E-state index in [2.05, 4.69) is 32.2 Å². The van der Waals surface area contributed by atoms with Gasteiger partial charge in [-0.25, -0.2) is 0 Å². The van der Waals surface area contributed by atoms with Gasteiger partial charge in [0.1, 0.15) is 5.75 Å². The summed E-state index contributed by atoms with van der Waals surface area (Å²) in [7, 11) is 0. The molecule has 0 amide bonds. The molecular weight excluding hydrogens is 186 g/mol. The molecule has 2 rings (SSSR count). The quantitative estimate of drug-likeness (QED) is 0.690. The third kappa shape index (κ3) is 1.58. The van der Waals surface area contributed by atoms with Crippen LogP contribution < -0.4 is 5.32 Å². The Bertz CT molecular complexity index is 375. The van der Waals surface area contributed by atoms with E-state index in [4.69, 9.17) is 0 Å². The number of aromatic hydroxyl groups is 1. The average Bonchev–Trinajstić information content (AvgIpc) is 2.22. The molecule has 0 bridgehead atoms. The lowest BCUT2D eigenvalue weighted by atomic mass is 9.77. The maximum atomic E-state index is 9.81. The van der Waals surface area contributed by atoms with Gasteiger partial charge >= 0.3 is 0 Å². The van der Waals surface area contributed by atoms with Crippen LogP contribution in [-0.4, -0.2) is 10.6 Å². The van der Waals surface area contributed by atoms with E-state index < -0.39 is 0 Å². The normalized spacial score (nSPS) is 29.4. The molecule has 2 N–H and O–H groups in total. The minimum Gasteiger partial charge on any atom is -0.506 e. The second-order valence-corrected chi connectivity index (χ2v) is 4.81. The van der Waals surface area contributed by atoms with Crippen LogP contribution in [0.4, 0.5) is 5.69 Å². The molecule has 1 aliphatic rings. The average molecular weight is 205 g/mol. The fourth-order valence-corrected chi connectivity index (χ4v) is 2.30. The van der Waals surface area contributed by atoms with Crippen molar-refractivity contribution in [1.82, 2.24) is 0 Å². The molecule has 2 nitrogen and oxygen atoms in total. The number of hydrogen-bond donors (Lipinski definition) is 2. The maximum absolute atomic E-state index is 9.81. The molecule has 2 atom stereocenters. The fourth-order valence-electron chi connectivity index (χ4n) is 2.30. The molecular formula is C13H19NO. The van der Waals surface area contributed by atoms with E-state index in [-0.39, 0.29) is 5.54 Å². The van der Waals surface area contributed by atoms with Crippen LogP contribution in [0.2, 0.25) is 0 Å². The van der Waals surface area contributed by atoms with E-state index in [9.17, 15) is 5.11 Å². The highest BCUT2D eigenvalue weighted by atomic mass is 16.3. The second-order valence-electron chi connectivity index (χ2n) is 4.81. The Morgan fingerprint density at radius 1 is 1.53 bits per heavy atom. The molecule has 0 aliphatic carbocycles. The number of nitrogens with one attached hydrogen (secondary N) is 1. The van der Waals surface area contributed by atoms with E-state index in [0.29, 0.717) is 11.7 Å². The summed E-state index contributed by atoms with van der Waals surface area (Å²) in [6, 6.07) is 5.75. The molecule has 0 radical (unpaired) electrons. The summed E-state index contributed by atoms with van der Waals surface area (Å²) in [5, 5.41) is 13.3. The molecule has 1 aromatic carbocycles. The molecule has 1 heterocycles. The lowest BCUT2D eigenvalue weighted by Gasteiger charge is -2.42. The van der Waals surface area contributed by atoms with Gasteiger partial charge in [-0.2, -0.15) is 0 Å². The number of para-hydroxylation sites is 1. The molecule has 2 unspecified atom stereocenters. The Morgan fingerprint density at radius 3 is 2.93 bits per heavy atom. The van der Waals surface area contributed by atoms with E-state index in [1.54, 1.807) is 6.07 Å². The monoisotopic (exact) mass is 205 g/mol. The minimum absolute atomic E-state index is 0.103. The molecule has 0 fully saturated rings. The van der Waals surface area contributed by atoms with Crippen molar-refractivity contribution in [3.63, 3.8) is 0 Å². The number of anilines is 1. The Hall–Kier alpha value is -1.18. The molecule has 1 aromatic rings. The Labute approximate surface area is 91.3 Å². The topological polar surface area (TPSA) is 32.3 Å². The van der Waals surface area contributed by atoms with E-state index in [0.717, 1.165) is 18.5 Å². The molecule has 82 valence electrons. The van der Waals surface area contributed by atoms with Gasteiger partial charge in [0, 0.05) is 5.54 Å². The number of phenols is 1. The minimum atomic E-state index is 0.103. The predicted octanol–water partition coefficient (Wildman–Crippen LogP) is 3.17. The summed E-state index contributed by atoms with van der Waals surface area (Å²) in [4.78, 5) is 0. The van der Waals surface area contributed by atoms with Gasteiger partial charge in [0.25, 0.3) is 0 Å². The van der Waals surface area contributed by atoms with Crippen LogP contribution in [0.5, 0.6) is 5.75 Å². The number of benzene rings is 1. The van der Waals surface area contributed by atoms with Crippen LogP contribution in [-0.2, 0) is 6.42 Å². The van der Waals surface area contributed by atoms with Crippen LogP contribution in [0.25, 0.3) is 0 Å². The van der Waals surface area contributed by atoms with Crippen LogP contribution in [0.1, 0.15) is 32.8 Å². The standard InChI is InChI=1S/C13H19NO/c1-4-13(3)9(2)8-10-6-5-7-11(15)12(10)14-13/h5-7,9,14-15H,4,8H2,1-3H3.